The standard InChI is InChI=1S/C14H25NO2/c1-10(2)13-6-14(7-13,9-15-8-13)11(16)17-12(3,4)5/h10,15H,6-9H2,1-5H3. The van der Waals surface area contributed by atoms with Crippen LogP contribution in [-0.2, 0) is 9.53 Å². The number of fused-ring (bicyclic) bond motifs is 2. The number of rotatable bonds is 2. The second kappa shape index (κ2) is 3.71. The molecule has 0 spiro atoms. The van der Waals surface area contributed by atoms with Crippen molar-refractivity contribution in [1.82, 2.24) is 5.32 Å². The average Bonchev–Trinajstić information content (AvgIpc) is 2.13. The zero-order valence-electron chi connectivity index (χ0n) is 11.7. The molecule has 17 heavy (non-hydrogen) atoms. The third kappa shape index (κ3) is 2.10. The number of esters is 1. The first-order valence-corrected chi connectivity index (χ1v) is 6.63. The predicted molar refractivity (Wildman–Crippen MR) is 67.7 cm³/mol. The molecule has 3 heteroatoms. The Morgan fingerprint density at radius 3 is 2.29 bits per heavy atom. The lowest BCUT2D eigenvalue weighted by Gasteiger charge is -2.61. The van der Waals surface area contributed by atoms with Crippen LogP contribution in [-0.4, -0.2) is 24.7 Å². The molecule has 2 aliphatic heterocycles. The molecule has 2 saturated heterocycles. The van der Waals surface area contributed by atoms with E-state index in [1.54, 1.807) is 0 Å². The van der Waals surface area contributed by atoms with E-state index >= 15 is 0 Å². The van der Waals surface area contributed by atoms with Gasteiger partial charge in [-0.05, 0) is 44.9 Å². The summed E-state index contributed by atoms with van der Waals surface area (Å²) in [4.78, 5) is 12.3. The molecule has 0 atom stereocenters. The maximum atomic E-state index is 12.3. The summed E-state index contributed by atoms with van der Waals surface area (Å²) in [6.45, 7) is 12.2. The first kappa shape index (κ1) is 12.9. The van der Waals surface area contributed by atoms with Gasteiger partial charge in [0.1, 0.15) is 5.60 Å². The van der Waals surface area contributed by atoms with Crippen LogP contribution in [0.2, 0.25) is 0 Å². The second-order valence-electron chi connectivity index (χ2n) is 7.26. The molecule has 98 valence electrons. The Morgan fingerprint density at radius 2 is 1.82 bits per heavy atom. The van der Waals surface area contributed by atoms with Gasteiger partial charge in [-0.2, -0.15) is 0 Å². The van der Waals surface area contributed by atoms with Crippen LogP contribution in [0, 0.1) is 16.7 Å². The van der Waals surface area contributed by atoms with Gasteiger partial charge in [0.25, 0.3) is 0 Å². The highest BCUT2D eigenvalue weighted by molar-refractivity contribution is 5.79. The van der Waals surface area contributed by atoms with Crippen molar-refractivity contribution in [2.45, 2.75) is 53.1 Å². The molecule has 2 bridgehead atoms. The van der Waals surface area contributed by atoms with Crippen LogP contribution in [0.15, 0.2) is 0 Å². The monoisotopic (exact) mass is 239 g/mol. The van der Waals surface area contributed by atoms with Gasteiger partial charge in [-0.1, -0.05) is 13.8 Å². The van der Waals surface area contributed by atoms with E-state index in [-0.39, 0.29) is 17.0 Å². The van der Waals surface area contributed by atoms with E-state index in [1.807, 2.05) is 20.8 Å². The van der Waals surface area contributed by atoms with Gasteiger partial charge in [0.05, 0.1) is 5.41 Å². The fraction of sp³-hybridized carbons (Fsp3) is 0.929. The number of piperidine rings is 2. The van der Waals surface area contributed by atoms with Crippen molar-refractivity contribution in [2.24, 2.45) is 16.7 Å². The van der Waals surface area contributed by atoms with Crippen LogP contribution in [0.5, 0.6) is 0 Å². The smallest absolute Gasteiger partial charge is 0.313 e. The van der Waals surface area contributed by atoms with Crippen LogP contribution in [0.25, 0.3) is 0 Å². The summed E-state index contributed by atoms with van der Waals surface area (Å²) in [5.41, 5.74) is -0.287. The number of ether oxygens (including phenoxy) is 1. The molecule has 0 aromatic heterocycles. The highest BCUT2D eigenvalue weighted by Crippen LogP contribution is 2.60. The van der Waals surface area contributed by atoms with Gasteiger partial charge < -0.3 is 10.1 Å². The zero-order chi connectivity index (χ0) is 12.9. The van der Waals surface area contributed by atoms with Gasteiger partial charge in [-0.25, -0.2) is 0 Å². The van der Waals surface area contributed by atoms with Crippen LogP contribution in [0.1, 0.15) is 47.5 Å². The van der Waals surface area contributed by atoms with E-state index in [0.717, 1.165) is 25.9 Å². The SMILES string of the molecule is CC(C)C12CNCC(C(=O)OC(C)(C)C)(C1)C2. The number of carbonyl (C=O) groups is 1. The Labute approximate surface area is 104 Å². The van der Waals surface area contributed by atoms with Gasteiger partial charge in [0.15, 0.2) is 0 Å². The van der Waals surface area contributed by atoms with Gasteiger partial charge in [-0.3, -0.25) is 4.79 Å². The summed E-state index contributed by atoms with van der Waals surface area (Å²) in [6, 6.07) is 0. The van der Waals surface area contributed by atoms with Crippen molar-refractivity contribution in [3.05, 3.63) is 0 Å². The van der Waals surface area contributed by atoms with Crippen molar-refractivity contribution in [3.8, 4) is 0 Å². The Bertz CT molecular complexity index is 322. The van der Waals surface area contributed by atoms with Crippen molar-refractivity contribution < 1.29 is 9.53 Å². The number of hydrogen-bond acceptors (Lipinski definition) is 3. The average molecular weight is 239 g/mol. The Morgan fingerprint density at radius 1 is 1.24 bits per heavy atom. The van der Waals surface area contributed by atoms with Gasteiger partial charge in [0, 0.05) is 13.1 Å². The molecule has 3 fully saturated rings. The first-order valence-electron chi connectivity index (χ1n) is 6.63. The number of hydrogen-bond donors (Lipinski definition) is 1. The molecular formula is C14H25NO2. The van der Waals surface area contributed by atoms with Crippen molar-refractivity contribution >= 4 is 5.97 Å². The lowest BCUT2D eigenvalue weighted by molar-refractivity contribution is -0.194. The zero-order valence-corrected chi connectivity index (χ0v) is 11.7. The van der Waals surface area contributed by atoms with Crippen LogP contribution in [0.3, 0.4) is 0 Å². The first-order chi connectivity index (χ1) is 7.69. The summed E-state index contributed by atoms with van der Waals surface area (Å²) in [5.74, 6) is 0.624. The van der Waals surface area contributed by atoms with E-state index in [0.29, 0.717) is 11.3 Å². The molecule has 3 rings (SSSR count). The third-order valence-corrected chi connectivity index (χ3v) is 4.38. The van der Waals surface area contributed by atoms with E-state index in [1.165, 1.54) is 0 Å². The van der Waals surface area contributed by atoms with E-state index in [9.17, 15) is 4.79 Å². The predicted octanol–water partition coefficient (Wildman–Crippen LogP) is 2.35. The molecule has 3 nitrogen and oxygen atoms in total. The summed E-state index contributed by atoms with van der Waals surface area (Å²) < 4.78 is 5.56. The lowest BCUT2D eigenvalue weighted by Crippen LogP contribution is -2.67. The summed E-state index contributed by atoms with van der Waals surface area (Å²) >= 11 is 0. The fourth-order valence-electron chi connectivity index (χ4n) is 3.31. The summed E-state index contributed by atoms with van der Waals surface area (Å²) in [7, 11) is 0. The molecule has 0 amide bonds. The van der Waals surface area contributed by atoms with Crippen LogP contribution >= 0.6 is 0 Å². The molecule has 0 aromatic carbocycles. The molecule has 1 N–H and O–H groups in total. The Hall–Kier alpha value is -0.570. The summed E-state index contributed by atoms with van der Waals surface area (Å²) in [6.07, 6.45) is 2.00. The minimum Gasteiger partial charge on any atom is -0.460 e. The largest absolute Gasteiger partial charge is 0.460 e. The lowest BCUT2D eigenvalue weighted by atomic mass is 9.46. The van der Waals surface area contributed by atoms with Gasteiger partial charge in [-0.15, -0.1) is 0 Å². The fourth-order valence-corrected chi connectivity index (χ4v) is 3.31. The Balaban J connectivity index is 2.06. The molecule has 0 unspecified atom stereocenters. The molecule has 0 radical (unpaired) electrons. The second-order valence-corrected chi connectivity index (χ2v) is 7.26. The topological polar surface area (TPSA) is 38.3 Å². The van der Waals surface area contributed by atoms with E-state index in [2.05, 4.69) is 19.2 Å². The van der Waals surface area contributed by atoms with Gasteiger partial charge >= 0.3 is 5.97 Å². The highest BCUT2D eigenvalue weighted by Gasteiger charge is 2.63. The number of nitrogens with one attached hydrogen (secondary N) is 1. The highest BCUT2D eigenvalue weighted by atomic mass is 16.6. The molecule has 0 aromatic rings. The number of carbonyl (C=O) groups excluding carboxylic acids is 1. The molecular weight excluding hydrogens is 214 g/mol. The van der Waals surface area contributed by atoms with E-state index < -0.39 is 0 Å². The minimum atomic E-state index is -0.376. The Kier molecular flexibility index (Phi) is 2.81. The maximum Gasteiger partial charge on any atom is 0.313 e. The normalized spacial score (nSPS) is 36.6. The van der Waals surface area contributed by atoms with Gasteiger partial charge in [0.2, 0.25) is 0 Å². The van der Waals surface area contributed by atoms with Crippen molar-refractivity contribution in [2.75, 3.05) is 13.1 Å². The molecule has 1 aliphatic carbocycles. The van der Waals surface area contributed by atoms with Crippen molar-refractivity contribution in [3.63, 3.8) is 0 Å². The quantitative estimate of drug-likeness (QED) is 0.752. The molecule has 1 saturated carbocycles. The van der Waals surface area contributed by atoms with Crippen LogP contribution in [0.4, 0.5) is 0 Å². The maximum absolute atomic E-state index is 12.3. The van der Waals surface area contributed by atoms with E-state index in [4.69, 9.17) is 4.74 Å². The van der Waals surface area contributed by atoms with Crippen molar-refractivity contribution in [1.29, 1.82) is 0 Å². The minimum absolute atomic E-state index is 0.00604. The molecule has 3 aliphatic rings. The molecule has 2 heterocycles. The third-order valence-electron chi connectivity index (χ3n) is 4.38. The summed E-state index contributed by atoms with van der Waals surface area (Å²) in [5, 5.41) is 3.41. The van der Waals surface area contributed by atoms with Crippen LogP contribution < -0.4 is 5.32 Å².